The van der Waals surface area contributed by atoms with Crippen LogP contribution in [0, 0.1) is 0 Å². The summed E-state index contributed by atoms with van der Waals surface area (Å²) in [5.41, 5.74) is 0. The largest absolute Gasteiger partial charge is 0.480 e. The first kappa shape index (κ1) is 16.8. The lowest BCUT2D eigenvalue weighted by molar-refractivity contribution is -0.140. The zero-order valence-electron chi connectivity index (χ0n) is 11.4. The van der Waals surface area contributed by atoms with Gasteiger partial charge in [-0.05, 0) is 12.8 Å². The predicted molar refractivity (Wildman–Crippen MR) is 76.9 cm³/mol. The standard InChI is InChI=1S/C14H28O2S/c1-3-5-7-9-11-14(17,13(15)16)12-10-8-6-4-2/h17H,3-12H2,1-2H3,(H,15,16). The van der Waals surface area contributed by atoms with E-state index in [0.717, 1.165) is 25.7 Å². The summed E-state index contributed by atoms with van der Waals surface area (Å²) in [6.45, 7) is 4.33. The zero-order chi connectivity index (χ0) is 13.1. The Morgan fingerprint density at radius 2 is 1.35 bits per heavy atom. The molecule has 2 nitrogen and oxygen atoms in total. The van der Waals surface area contributed by atoms with Crippen LogP contribution in [0.15, 0.2) is 0 Å². The van der Waals surface area contributed by atoms with Crippen LogP contribution in [0.4, 0.5) is 0 Å². The molecule has 0 saturated heterocycles. The van der Waals surface area contributed by atoms with Gasteiger partial charge in [-0.1, -0.05) is 65.2 Å². The van der Waals surface area contributed by atoms with Crippen LogP contribution in [0.5, 0.6) is 0 Å². The van der Waals surface area contributed by atoms with Gasteiger partial charge in [0.1, 0.15) is 4.75 Å². The summed E-state index contributed by atoms with van der Waals surface area (Å²) in [5.74, 6) is -0.742. The van der Waals surface area contributed by atoms with Gasteiger partial charge in [-0.15, -0.1) is 0 Å². The van der Waals surface area contributed by atoms with Gasteiger partial charge in [-0.25, -0.2) is 0 Å². The van der Waals surface area contributed by atoms with Crippen molar-refractivity contribution in [2.75, 3.05) is 0 Å². The van der Waals surface area contributed by atoms with E-state index in [-0.39, 0.29) is 0 Å². The molecule has 0 rings (SSSR count). The van der Waals surface area contributed by atoms with Crippen molar-refractivity contribution < 1.29 is 9.90 Å². The van der Waals surface area contributed by atoms with Crippen molar-refractivity contribution in [1.29, 1.82) is 0 Å². The Morgan fingerprint density at radius 1 is 0.941 bits per heavy atom. The van der Waals surface area contributed by atoms with Gasteiger partial charge < -0.3 is 5.11 Å². The van der Waals surface area contributed by atoms with Gasteiger partial charge in [0.2, 0.25) is 0 Å². The highest BCUT2D eigenvalue weighted by molar-refractivity contribution is 7.82. The van der Waals surface area contributed by atoms with Gasteiger partial charge in [0.05, 0.1) is 0 Å². The molecule has 3 heteroatoms. The molecule has 0 fully saturated rings. The summed E-state index contributed by atoms with van der Waals surface area (Å²) in [6, 6.07) is 0. The summed E-state index contributed by atoms with van der Waals surface area (Å²) in [7, 11) is 0. The molecule has 0 radical (unpaired) electrons. The fourth-order valence-corrected chi connectivity index (χ4v) is 2.34. The highest BCUT2D eigenvalue weighted by Crippen LogP contribution is 2.29. The molecular formula is C14H28O2S. The minimum atomic E-state index is -0.790. The van der Waals surface area contributed by atoms with Gasteiger partial charge in [0.15, 0.2) is 0 Å². The number of carboxylic acids is 1. The lowest BCUT2D eigenvalue weighted by Gasteiger charge is -2.23. The van der Waals surface area contributed by atoms with Crippen molar-refractivity contribution >= 4 is 18.6 Å². The Bertz CT molecular complexity index is 192. The molecule has 0 aliphatic rings. The first-order valence-electron chi connectivity index (χ1n) is 7.02. The summed E-state index contributed by atoms with van der Waals surface area (Å²) >= 11 is 4.42. The van der Waals surface area contributed by atoms with Crippen molar-refractivity contribution in [3.8, 4) is 0 Å². The molecule has 0 aromatic heterocycles. The normalized spacial score (nSPS) is 11.7. The minimum absolute atomic E-state index is 0.706. The summed E-state index contributed by atoms with van der Waals surface area (Å²) < 4.78 is -0.790. The van der Waals surface area contributed by atoms with Crippen LogP contribution in [0.1, 0.15) is 78.1 Å². The molecule has 0 aromatic rings. The van der Waals surface area contributed by atoms with E-state index in [9.17, 15) is 9.90 Å². The quantitative estimate of drug-likeness (QED) is 0.418. The van der Waals surface area contributed by atoms with Crippen LogP contribution < -0.4 is 0 Å². The fraction of sp³-hybridized carbons (Fsp3) is 0.929. The second-order valence-electron chi connectivity index (χ2n) is 4.96. The Hall–Kier alpha value is -0.180. The maximum Gasteiger partial charge on any atom is 0.319 e. The predicted octanol–water partition coefficient (Wildman–Crippen LogP) is 4.68. The second kappa shape index (κ2) is 9.81. The van der Waals surface area contributed by atoms with Crippen molar-refractivity contribution in [2.24, 2.45) is 0 Å². The van der Waals surface area contributed by atoms with Crippen molar-refractivity contribution in [3.05, 3.63) is 0 Å². The first-order chi connectivity index (χ1) is 8.06. The average Bonchev–Trinajstić information content (AvgIpc) is 2.30. The second-order valence-corrected chi connectivity index (χ2v) is 5.81. The monoisotopic (exact) mass is 260 g/mol. The third kappa shape index (κ3) is 7.69. The number of rotatable bonds is 11. The molecule has 0 saturated carbocycles. The molecule has 0 heterocycles. The van der Waals surface area contributed by atoms with E-state index in [1.54, 1.807) is 0 Å². The highest BCUT2D eigenvalue weighted by Gasteiger charge is 2.32. The van der Waals surface area contributed by atoms with Gasteiger partial charge in [0, 0.05) is 0 Å². The van der Waals surface area contributed by atoms with Crippen LogP contribution in [-0.2, 0) is 4.79 Å². The number of hydrogen-bond donors (Lipinski definition) is 2. The SMILES string of the molecule is CCCCCCC(S)(CCCCCC)C(=O)O. The first-order valence-corrected chi connectivity index (χ1v) is 7.47. The minimum Gasteiger partial charge on any atom is -0.480 e. The Morgan fingerprint density at radius 3 is 1.65 bits per heavy atom. The fourth-order valence-electron chi connectivity index (χ4n) is 2.03. The van der Waals surface area contributed by atoms with Gasteiger partial charge in [-0.2, -0.15) is 12.6 Å². The van der Waals surface area contributed by atoms with E-state index in [1.165, 1.54) is 25.7 Å². The number of unbranched alkanes of at least 4 members (excludes halogenated alkanes) is 6. The maximum atomic E-state index is 11.3. The lowest BCUT2D eigenvalue weighted by Crippen LogP contribution is -2.32. The average molecular weight is 260 g/mol. The number of carboxylic acid groups (broad SMARTS) is 1. The molecule has 0 bridgehead atoms. The lowest BCUT2D eigenvalue weighted by atomic mass is 9.93. The molecule has 17 heavy (non-hydrogen) atoms. The van der Waals surface area contributed by atoms with Crippen LogP contribution in [0.25, 0.3) is 0 Å². The highest BCUT2D eigenvalue weighted by atomic mass is 32.1. The molecule has 0 aliphatic carbocycles. The third-order valence-corrected chi connectivity index (χ3v) is 3.92. The van der Waals surface area contributed by atoms with Crippen molar-refractivity contribution in [3.63, 3.8) is 0 Å². The molecule has 0 aliphatic heterocycles. The number of aliphatic carboxylic acids is 1. The van der Waals surface area contributed by atoms with E-state index >= 15 is 0 Å². The molecule has 0 atom stereocenters. The van der Waals surface area contributed by atoms with E-state index in [2.05, 4.69) is 26.5 Å². The van der Waals surface area contributed by atoms with Crippen LogP contribution in [0.2, 0.25) is 0 Å². The Balaban J connectivity index is 3.94. The van der Waals surface area contributed by atoms with Crippen molar-refractivity contribution in [2.45, 2.75) is 82.8 Å². The molecule has 102 valence electrons. The molecule has 0 unspecified atom stereocenters. The van der Waals surface area contributed by atoms with Crippen LogP contribution in [-0.4, -0.2) is 15.8 Å². The van der Waals surface area contributed by atoms with Gasteiger partial charge >= 0.3 is 5.97 Å². The van der Waals surface area contributed by atoms with Gasteiger partial charge in [-0.3, -0.25) is 4.79 Å². The van der Waals surface area contributed by atoms with Gasteiger partial charge in [0.25, 0.3) is 0 Å². The van der Waals surface area contributed by atoms with E-state index in [1.807, 2.05) is 0 Å². The summed E-state index contributed by atoms with van der Waals surface area (Å²) in [5, 5.41) is 9.27. The Kier molecular flexibility index (Phi) is 9.71. The maximum absolute atomic E-state index is 11.3. The van der Waals surface area contributed by atoms with E-state index in [4.69, 9.17) is 0 Å². The number of carbonyl (C=O) groups is 1. The summed E-state index contributed by atoms with van der Waals surface area (Å²) in [4.78, 5) is 11.3. The molecule has 1 N–H and O–H groups in total. The third-order valence-electron chi connectivity index (χ3n) is 3.29. The summed E-state index contributed by atoms with van der Waals surface area (Å²) in [6.07, 6.45) is 10.4. The number of hydrogen-bond acceptors (Lipinski definition) is 2. The smallest absolute Gasteiger partial charge is 0.319 e. The topological polar surface area (TPSA) is 37.3 Å². The molecule has 0 aromatic carbocycles. The zero-order valence-corrected chi connectivity index (χ0v) is 12.3. The molecule has 0 amide bonds. The van der Waals surface area contributed by atoms with E-state index in [0.29, 0.717) is 12.8 Å². The van der Waals surface area contributed by atoms with Crippen molar-refractivity contribution in [1.82, 2.24) is 0 Å². The number of thiol groups is 1. The van der Waals surface area contributed by atoms with Crippen LogP contribution >= 0.6 is 12.6 Å². The van der Waals surface area contributed by atoms with Crippen LogP contribution in [0.3, 0.4) is 0 Å². The molecule has 0 spiro atoms. The Labute approximate surface area is 112 Å². The van der Waals surface area contributed by atoms with E-state index < -0.39 is 10.7 Å². The molecular weight excluding hydrogens is 232 g/mol.